The second-order valence-electron chi connectivity index (χ2n) is 10.6. The fraction of sp³-hybridized carbons (Fsp3) is 0.556. The Bertz CT molecular complexity index is 1430. The van der Waals surface area contributed by atoms with Crippen molar-refractivity contribution < 1.29 is 45.1 Å². The number of halogens is 5. The third-order valence-corrected chi connectivity index (χ3v) is 7.81. The summed E-state index contributed by atoms with van der Waals surface area (Å²) in [5, 5.41) is 4.80. The lowest BCUT2D eigenvalue weighted by molar-refractivity contribution is -0.150. The SMILES string of the molecule is CCc1ocnc1C(=O)NC(c1nc2cc(C(COC)N3CC(C(F)(F)F)NC3=O)ccc2o1)C1CCC(F)(F)CC1. The molecule has 0 bridgehead atoms. The fourth-order valence-electron chi connectivity index (χ4n) is 5.53. The van der Waals surface area contributed by atoms with Gasteiger partial charge in [0.1, 0.15) is 23.4 Å². The minimum atomic E-state index is -4.61. The molecule has 42 heavy (non-hydrogen) atoms. The number of hydrogen-bond donors (Lipinski definition) is 2. The lowest BCUT2D eigenvalue weighted by Gasteiger charge is -2.32. The van der Waals surface area contributed by atoms with Crippen LogP contribution in [0, 0.1) is 5.92 Å². The van der Waals surface area contributed by atoms with E-state index < -0.39 is 54.6 Å². The quantitative estimate of drug-likeness (QED) is 0.319. The van der Waals surface area contributed by atoms with Gasteiger partial charge in [-0.15, -0.1) is 0 Å². The zero-order valence-electron chi connectivity index (χ0n) is 22.8. The summed E-state index contributed by atoms with van der Waals surface area (Å²) in [5.74, 6) is -3.32. The highest BCUT2D eigenvalue weighted by atomic mass is 19.4. The Morgan fingerprint density at radius 1 is 1.29 bits per heavy atom. The molecule has 2 aromatic heterocycles. The topological polar surface area (TPSA) is 123 Å². The van der Waals surface area contributed by atoms with Crippen LogP contribution in [0.1, 0.15) is 72.4 Å². The molecule has 3 amide bonds. The van der Waals surface area contributed by atoms with Crippen LogP contribution in [0.15, 0.2) is 33.4 Å². The second kappa shape index (κ2) is 11.5. The van der Waals surface area contributed by atoms with E-state index in [0.29, 0.717) is 28.8 Å². The van der Waals surface area contributed by atoms with Crippen LogP contribution in [0.3, 0.4) is 0 Å². The molecule has 2 aliphatic rings. The highest BCUT2D eigenvalue weighted by Gasteiger charge is 2.48. The molecule has 3 atom stereocenters. The van der Waals surface area contributed by atoms with Crippen molar-refractivity contribution in [2.45, 2.75) is 69.3 Å². The van der Waals surface area contributed by atoms with E-state index in [1.807, 2.05) is 5.32 Å². The van der Waals surface area contributed by atoms with Crippen molar-refractivity contribution in [2.75, 3.05) is 20.3 Å². The molecule has 1 aromatic carbocycles. The van der Waals surface area contributed by atoms with Crippen LogP contribution >= 0.6 is 0 Å². The van der Waals surface area contributed by atoms with Gasteiger partial charge in [0.05, 0.1) is 19.2 Å². The first kappa shape index (κ1) is 29.7. The normalized spacial score (nSPS) is 21.0. The third kappa shape index (κ3) is 6.05. The summed E-state index contributed by atoms with van der Waals surface area (Å²) >= 11 is 0. The van der Waals surface area contributed by atoms with Crippen LogP contribution in [0.4, 0.5) is 26.7 Å². The number of amides is 3. The summed E-state index contributed by atoms with van der Waals surface area (Å²) in [6, 6.07) is 0.0987. The smallest absolute Gasteiger partial charge is 0.410 e. The van der Waals surface area contributed by atoms with E-state index in [-0.39, 0.29) is 43.9 Å². The van der Waals surface area contributed by atoms with E-state index in [2.05, 4.69) is 15.3 Å². The Morgan fingerprint density at radius 3 is 2.67 bits per heavy atom. The van der Waals surface area contributed by atoms with Crippen molar-refractivity contribution in [3.05, 3.63) is 47.5 Å². The Hall–Kier alpha value is -3.75. The van der Waals surface area contributed by atoms with Crippen molar-refractivity contribution in [1.29, 1.82) is 0 Å². The Kier molecular flexibility index (Phi) is 8.14. The number of fused-ring (bicyclic) bond motifs is 1. The molecule has 228 valence electrons. The molecule has 1 saturated heterocycles. The van der Waals surface area contributed by atoms with E-state index in [9.17, 15) is 31.5 Å². The maximum atomic E-state index is 14.0. The Morgan fingerprint density at radius 2 is 2.02 bits per heavy atom. The first-order valence-corrected chi connectivity index (χ1v) is 13.5. The summed E-state index contributed by atoms with van der Waals surface area (Å²) in [5.41, 5.74) is 1.15. The van der Waals surface area contributed by atoms with Crippen LogP contribution in [0.25, 0.3) is 11.1 Å². The van der Waals surface area contributed by atoms with E-state index in [0.717, 1.165) is 11.3 Å². The molecule has 1 aliphatic carbocycles. The maximum absolute atomic E-state index is 14.0. The first-order valence-electron chi connectivity index (χ1n) is 13.5. The molecule has 3 heterocycles. The Labute approximate surface area is 237 Å². The number of methoxy groups -OCH3 is 1. The van der Waals surface area contributed by atoms with E-state index in [1.54, 1.807) is 25.1 Å². The molecule has 10 nitrogen and oxygen atoms in total. The molecular weight excluding hydrogens is 569 g/mol. The number of oxazole rings is 2. The molecule has 1 aliphatic heterocycles. The van der Waals surface area contributed by atoms with Crippen molar-refractivity contribution in [2.24, 2.45) is 5.92 Å². The molecule has 3 aromatic rings. The number of benzene rings is 1. The van der Waals surface area contributed by atoms with Gasteiger partial charge in [-0.2, -0.15) is 13.2 Å². The van der Waals surface area contributed by atoms with E-state index >= 15 is 0 Å². The van der Waals surface area contributed by atoms with Gasteiger partial charge in [-0.25, -0.2) is 23.5 Å². The van der Waals surface area contributed by atoms with Crippen molar-refractivity contribution in [3.63, 3.8) is 0 Å². The van der Waals surface area contributed by atoms with Gasteiger partial charge in [0.25, 0.3) is 5.91 Å². The summed E-state index contributed by atoms with van der Waals surface area (Å²) in [7, 11) is 1.37. The maximum Gasteiger partial charge on any atom is 0.410 e. The number of nitrogens with one attached hydrogen (secondary N) is 2. The largest absolute Gasteiger partial charge is 0.448 e. The van der Waals surface area contributed by atoms with Gasteiger partial charge >= 0.3 is 12.2 Å². The third-order valence-electron chi connectivity index (χ3n) is 7.81. The number of carbonyl (C=O) groups excluding carboxylic acids is 2. The molecule has 2 N–H and O–H groups in total. The van der Waals surface area contributed by atoms with E-state index in [1.165, 1.54) is 7.11 Å². The van der Waals surface area contributed by atoms with Crippen molar-refractivity contribution in [1.82, 2.24) is 25.5 Å². The van der Waals surface area contributed by atoms with Crippen LogP contribution in [0.5, 0.6) is 0 Å². The van der Waals surface area contributed by atoms with Gasteiger partial charge in [-0.05, 0) is 36.5 Å². The number of ether oxygens (including phenoxy) is 1. The van der Waals surface area contributed by atoms with Crippen molar-refractivity contribution in [3.8, 4) is 0 Å². The van der Waals surface area contributed by atoms with Crippen molar-refractivity contribution >= 4 is 23.0 Å². The Balaban J connectivity index is 1.45. The molecule has 5 rings (SSSR count). The monoisotopic (exact) mass is 599 g/mol. The minimum Gasteiger partial charge on any atom is -0.448 e. The summed E-state index contributed by atoms with van der Waals surface area (Å²) in [6.07, 6.45) is -3.53. The number of nitrogens with zero attached hydrogens (tertiary/aromatic N) is 3. The van der Waals surface area contributed by atoms with Crippen LogP contribution < -0.4 is 10.6 Å². The number of carbonyl (C=O) groups is 2. The summed E-state index contributed by atoms with van der Waals surface area (Å²) < 4.78 is 84.3. The number of hydrogen-bond acceptors (Lipinski definition) is 7. The van der Waals surface area contributed by atoms with Crippen LogP contribution in [-0.4, -0.2) is 65.2 Å². The predicted octanol–water partition coefficient (Wildman–Crippen LogP) is 5.32. The van der Waals surface area contributed by atoms with Crippen LogP contribution in [0.2, 0.25) is 0 Å². The van der Waals surface area contributed by atoms with E-state index in [4.69, 9.17) is 13.6 Å². The zero-order chi connectivity index (χ0) is 30.2. The van der Waals surface area contributed by atoms with Gasteiger partial charge in [0, 0.05) is 26.4 Å². The second-order valence-corrected chi connectivity index (χ2v) is 10.6. The summed E-state index contributed by atoms with van der Waals surface area (Å²) in [6.45, 7) is 1.11. The molecular formula is C27H30F5N5O5. The van der Waals surface area contributed by atoms with Gasteiger partial charge in [0.15, 0.2) is 17.7 Å². The predicted molar refractivity (Wildman–Crippen MR) is 137 cm³/mol. The zero-order valence-corrected chi connectivity index (χ0v) is 22.8. The number of rotatable bonds is 9. The molecule has 15 heteroatoms. The number of urea groups is 1. The number of aromatic nitrogens is 2. The van der Waals surface area contributed by atoms with Crippen LogP contribution in [-0.2, 0) is 11.2 Å². The molecule has 1 saturated carbocycles. The van der Waals surface area contributed by atoms with Gasteiger partial charge in [-0.1, -0.05) is 13.0 Å². The fourth-order valence-corrected chi connectivity index (χ4v) is 5.53. The van der Waals surface area contributed by atoms with Gasteiger partial charge in [-0.3, -0.25) is 4.79 Å². The highest BCUT2D eigenvalue weighted by Crippen LogP contribution is 2.42. The number of aryl methyl sites for hydroxylation is 1. The molecule has 0 radical (unpaired) electrons. The molecule has 3 unspecified atom stereocenters. The minimum absolute atomic E-state index is 0.0745. The lowest BCUT2D eigenvalue weighted by atomic mass is 9.82. The molecule has 0 spiro atoms. The standard InChI is InChI=1S/C27H30F5N5O5/c1-3-18-22(33-13-41-18)23(38)36-21(14-6-8-26(28,29)9-7-14)24-34-16-10-15(4-5-19(16)42-24)17(12-40-2)37-11-20(27(30,31)32)35-25(37)39/h4-5,10,13-14,17,20-21H,3,6-9,11-12H2,1-2H3,(H,35,39)(H,36,38). The molecule has 2 fully saturated rings. The van der Waals surface area contributed by atoms with Gasteiger partial charge < -0.3 is 29.1 Å². The number of alkyl halides is 5. The summed E-state index contributed by atoms with van der Waals surface area (Å²) in [4.78, 5) is 35.2. The first-order chi connectivity index (χ1) is 19.9. The van der Waals surface area contributed by atoms with Gasteiger partial charge in [0.2, 0.25) is 11.8 Å². The average Bonchev–Trinajstić information content (AvgIpc) is 3.68. The lowest BCUT2D eigenvalue weighted by Crippen LogP contribution is -2.40. The highest BCUT2D eigenvalue weighted by molar-refractivity contribution is 5.93. The average molecular weight is 600 g/mol.